The molecule has 2 rings (SSSR count). The molecule has 21 heavy (non-hydrogen) atoms. The third-order valence-electron chi connectivity index (χ3n) is 3.48. The average molecular weight is 289 g/mol. The maximum absolute atomic E-state index is 13.5. The standard InChI is InChI=1S/C17H24FN3/c1-5-8-21(12-13-6-7-13)16-14(9-15(18)11-19-16)10-20-17(2,3)4/h1,9,11,13,20H,6-8,10,12H2,2-4H3. The molecule has 0 atom stereocenters. The van der Waals surface area contributed by atoms with Crippen molar-refractivity contribution in [3.63, 3.8) is 0 Å². The number of terminal acetylenes is 1. The highest BCUT2D eigenvalue weighted by Gasteiger charge is 2.26. The summed E-state index contributed by atoms with van der Waals surface area (Å²) in [5, 5.41) is 3.39. The second-order valence-electron chi connectivity index (χ2n) is 6.77. The topological polar surface area (TPSA) is 28.2 Å². The maximum Gasteiger partial charge on any atom is 0.141 e. The van der Waals surface area contributed by atoms with Crippen molar-refractivity contribution in [2.24, 2.45) is 5.92 Å². The molecule has 114 valence electrons. The number of nitrogens with one attached hydrogen (secondary N) is 1. The van der Waals surface area contributed by atoms with Gasteiger partial charge >= 0.3 is 0 Å². The fourth-order valence-corrected chi connectivity index (χ4v) is 2.20. The first-order valence-corrected chi connectivity index (χ1v) is 7.47. The summed E-state index contributed by atoms with van der Waals surface area (Å²) in [5.41, 5.74) is 0.831. The minimum absolute atomic E-state index is 0.0307. The molecule has 1 aromatic heterocycles. The molecule has 0 bridgehead atoms. The van der Waals surface area contributed by atoms with Gasteiger partial charge in [-0.2, -0.15) is 0 Å². The summed E-state index contributed by atoms with van der Waals surface area (Å²) in [5.74, 6) is 3.88. The molecule has 0 amide bonds. The van der Waals surface area contributed by atoms with E-state index in [1.165, 1.54) is 19.0 Å². The van der Waals surface area contributed by atoms with Gasteiger partial charge in [-0.25, -0.2) is 9.37 Å². The van der Waals surface area contributed by atoms with Crippen LogP contribution in [0.15, 0.2) is 12.3 Å². The van der Waals surface area contributed by atoms with E-state index < -0.39 is 0 Å². The lowest BCUT2D eigenvalue weighted by atomic mass is 10.1. The van der Waals surface area contributed by atoms with Gasteiger partial charge in [-0.15, -0.1) is 6.42 Å². The Morgan fingerprint density at radius 1 is 1.48 bits per heavy atom. The molecule has 0 unspecified atom stereocenters. The van der Waals surface area contributed by atoms with Crippen LogP contribution in [0.5, 0.6) is 0 Å². The number of pyridine rings is 1. The third kappa shape index (κ3) is 5.02. The van der Waals surface area contributed by atoms with Crippen molar-refractivity contribution < 1.29 is 4.39 Å². The molecule has 0 saturated heterocycles. The van der Waals surface area contributed by atoms with Crippen molar-refractivity contribution in [3.05, 3.63) is 23.6 Å². The van der Waals surface area contributed by atoms with Gasteiger partial charge in [0.05, 0.1) is 12.7 Å². The second kappa shape index (κ2) is 6.44. The smallest absolute Gasteiger partial charge is 0.141 e. The molecule has 1 heterocycles. The van der Waals surface area contributed by atoms with E-state index in [1.807, 2.05) is 0 Å². The Kier molecular flexibility index (Phi) is 4.84. The quantitative estimate of drug-likeness (QED) is 0.816. The summed E-state index contributed by atoms with van der Waals surface area (Å²) >= 11 is 0. The predicted molar refractivity (Wildman–Crippen MR) is 84.6 cm³/mol. The van der Waals surface area contributed by atoms with Crippen molar-refractivity contribution in [3.8, 4) is 12.3 Å². The second-order valence-corrected chi connectivity index (χ2v) is 6.77. The number of hydrogen-bond acceptors (Lipinski definition) is 3. The number of rotatable bonds is 6. The van der Waals surface area contributed by atoms with Crippen molar-refractivity contribution in [2.45, 2.75) is 45.7 Å². The minimum Gasteiger partial charge on any atom is -0.345 e. The Morgan fingerprint density at radius 2 is 2.19 bits per heavy atom. The van der Waals surface area contributed by atoms with Gasteiger partial charge < -0.3 is 10.2 Å². The zero-order chi connectivity index (χ0) is 15.5. The molecule has 1 aromatic rings. The fourth-order valence-electron chi connectivity index (χ4n) is 2.20. The van der Waals surface area contributed by atoms with Crippen LogP contribution in [0.3, 0.4) is 0 Å². The van der Waals surface area contributed by atoms with Gasteiger partial charge in [0.1, 0.15) is 11.6 Å². The first-order valence-electron chi connectivity index (χ1n) is 7.47. The summed E-state index contributed by atoms with van der Waals surface area (Å²) in [6.45, 7) is 8.26. The highest BCUT2D eigenvalue weighted by molar-refractivity contribution is 5.48. The van der Waals surface area contributed by atoms with E-state index in [9.17, 15) is 4.39 Å². The minimum atomic E-state index is -0.309. The molecule has 1 aliphatic rings. The first-order chi connectivity index (χ1) is 9.89. The molecular weight excluding hydrogens is 265 g/mol. The van der Waals surface area contributed by atoms with Gasteiger partial charge in [0.2, 0.25) is 0 Å². The molecule has 4 heteroatoms. The van der Waals surface area contributed by atoms with Gasteiger partial charge in [-0.1, -0.05) is 5.92 Å². The highest BCUT2D eigenvalue weighted by Crippen LogP contribution is 2.31. The van der Waals surface area contributed by atoms with E-state index in [-0.39, 0.29) is 11.4 Å². The van der Waals surface area contributed by atoms with Crippen molar-refractivity contribution in [1.82, 2.24) is 10.3 Å². The van der Waals surface area contributed by atoms with E-state index in [4.69, 9.17) is 6.42 Å². The van der Waals surface area contributed by atoms with E-state index in [2.05, 4.69) is 41.9 Å². The van der Waals surface area contributed by atoms with Crippen LogP contribution < -0.4 is 10.2 Å². The first kappa shape index (κ1) is 15.8. The number of anilines is 1. The summed E-state index contributed by atoms with van der Waals surface area (Å²) in [6.07, 6.45) is 9.24. The fraction of sp³-hybridized carbons (Fsp3) is 0.588. The number of hydrogen-bond donors (Lipinski definition) is 1. The maximum atomic E-state index is 13.5. The third-order valence-corrected chi connectivity index (χ3v) is 3.48. The zero-order valence-electron chi connectivity index (χ0n) is 13.1. The predicted octanol–water partition coefficient (Wildman–Crippen LogP) is 2.96. The van der Waals surface area contributed by atoms with E-state index >= 15 is 0 Å². The van der Waals surface area contributed by atoms with Crippen LogP contribution in [-0.2, 0) is 6.54 Å². The summed E-state index contributed by atoms with van der Waals surface area (Å²) in [6, 6.07) is 1.55. The van der Waals surface area contributed by atoms with Crippen LogP contribution in [0.1, 0.15) is 39.2 Å². The van der Waals surface area contributed by atoms with Crippen LogP contribution in [-0.4, -0.2) is 23.6 Å². The molecule has 0 aliphatic heterocycles. The number of halogens is 1. The summed E-state index contributed by atoms with van der Waals surface area (Å²) in [4.78, 5) is 6.39. The SMILES string of the molecule is C#CCN(CC1CC1)c1ncc(F)cc1CNC(C)(C)C. The zero-order valence-corrected chi connectivity index (χ0v) is 13.1. The van der Waals surface area contributed by atoms with Crippen LogP contribution in [0.2, 0.25) is 0 Å². The lowest BCUT2D eigenvalue weighted by Crippen LogP contribution is -2.36. The van der Waals surface area contributed by atoms with Crippen molar-refractivity contribution >= 4 is 5.82 Å². The molecule has 1 fully saturated rings. The molecule has 1 saturated carbocycles. The monoisotopic (exact) mass is 289 g/mol. The largest absolute Gasteiger partial charge is 0.345 e. The lowest BCUT2D eigenvalue weighted by molar-refractivity contribution is 0.423. The van der Waals surface area contributed by atoms with E-state index in [1.54, 1.807) is 6.07 Å². The van der Waals surface area contributed by atoms with Gasteiger partial charge in [0, 0.05) is 24.2 Å². The molecule has 1 N–H and O–H groups in total. The summed E-state index contributed by atoms with van der Waals surface area (Å²) < 4.78 is 13.5. The molecule has 0 aromatic carbocycles. The number of aromatic nitrogens is 1. The number of nitrogens with zero attached hydrogens (tertiary/aromatic N) is 2. The Morgan fingerprint density at radius 3 is 2.76 bits per heavy atom. The Balaban J connectivity index is 2.20. The van der Waals surface area contributed by atoms with E-state index in [0.29, 0.717) is 19.0 Å². The van der Waals surface area contributed by atoms with Crippen LogP contribution >= 0.6 is 0 Å². The van der Waals surface area contributed by atoms with E-state index in [0.717, 1.165) is 17.9 Å². The molecule has 1 aliphatic carbocycles. The Bertz CT molecular complexity index is 524. The van der Waals surface area contributed by atoms with Crippen LogP contribution in [0.4, 0.5) is 10.2 Å². The van der Waals surface area contributed by atoms with Gasteiger partial charge in [0.15, 0.2) is 0 Å². The molecule has 0 radical (unpaired) electrons. The lowest BCUT2D eigenvalue weighted by Gasteiger charge is -2.26. The normalized spacial score (nSPS) is 14.8. The van der Waals surface area contributed by atoms with Crippen molar-refractivity contribution in [1.29, 1.82) is 0 Å². The van der Waals surface area contributed by atoms with Gasteiger partial charge in [-0.05, 0) is 45.6 Å². The van der Waals surface area contributed by atoms with Crippen LogP contribution in [0, 0.1) is 24.1 Å². The molecule has 0 spiro atoms. The Labute approximate surface area is 126 Å². The average Bonchev–Trinajstić information content (AvgIpc) is 3.19. The Hall–Kier alpha value is -1.60. The summed E-state index contributed by atoms with van der Waals surface area (Å²) in [7, 11) is 0. The van der Waals surface area contributed by atoms with Crippen LogP contribution in [0.25, 0.3) is 0 Å². The van der Waals surface area contributed by atoms with Crippen molar-refractivity contribution in [2.75, 3.05) is 18.0 Å². The van der Waals surface area contributed by atoms with Gasteiger partial charge in [0.25, 0.3) is 0 Å². The highest BCUT2D eigenvalue weighted by atomic mass is 19.1. The molecule has 3 nitrogen and oxygen atoms in total. The van der Waals surface area contributed by atoms with Gasteiger partial charge in [-0.3, -0.25) is 0 Å². The molecular formula is C17H24FN3.